The van der Waals surface area contributed by atoms with Crippen LogP contribution in [0.5, 0.6) is 0 Å². The lowest BCUT2D eigenvalue weighted by molar-refractivity contribution is 0.0905. The Balaban J connectivity index is 2.20. The molecule has 3 unspecified atom stereocenters. The van der Waals surface area contributed by atoms with Gasteiger partial charge in [0.25, 0.3) is 0 Å². The molecule has 3 atom stereocenters. The molecule has 1 saturated heterocycles. The van der Waals surface area contributed by atoms with Crippen molar-refractivity contribution in [2.45, 2.75) is 58.6 Å². The minimum Gasteiger partial charge on any atom is -0.396 e. The molecule has 1 fully saturated rings. The zero-order valence-electron chi connectivity index (χ0n) is 11.0. The summed E-state index contributed by atoms with van der Waals surface area (Å²) < 4.78 is 5.62. The van der Waals surface area contributed by atoms with Gasteiger partial charge in [-0.3, -0.25) is 0 Å². The number of hydrogen-bond donors (Lipinski definition) is 2. The number of ether oxygens (including phenoxy) is 1. The zero-order valence-corrected chi connectivity index (χ0v) is 11.0. The van der Waals surface area contributed by atoms with Crippen LogP contribution in [-0.2, 0) is 4.74 Å². The third kappa shape index (κ3) is 4.40. The van der Waals surface area contributed by atoms with E-state index < -0.39 is 0 Å². The summed E-state index contributed by atoms with van der Waals surface area (Å²) in [5.74, 6) is 0. The van der Waals surface area contributed by atoms with Gasteiger partial charge in [-0.25, -0.2) is 0 Å². The van der Waals surface area contributed by atoms with Crippen molar-refractivity contribution in [3.8, 4) is 0 Å². The lowest BCUT2D eigenvalue weighted by atomic mass is 9.88. The topological polar surface area (TPSA) is 41.5 Å². The molecule has 0 aromatic rings. The Bertz CT molecular complexity index is 186. The molecule has 0 saturated carbocycles. The van der Waals surface area contributed by atoms with Crippen molar-refractivity contribution in [2.75, 3.05) is 19.8 Å². The van der Waals surface area contributed by atoms with Gasteiger partial charge in [-0.1, -0.05) is 13.8 Å². The summed E-state index contributed by atoms with van der Waals surface area (Å²) in [5, 5.41) is 12.8. The summed E-state index contributed by atoms with van der Waals surface area (Å²) in [6.45, 7) is 8.52. The highest BCUT2D eigenvalue weighted by Crippen LogP contribution is 2.20. The first kappa shape index (κ1) is 13.9. The minimum atomic E-state index is 0.0186. The molecule has 96 valence electrons. The van der Waals surface area contributed by atoms with E-state index in [0.29, 0.717) is 12.1 Å². The molecule has 0 radical (unpaired) electrons. The van der Waals surface area contributed by atoms with Gasteiger partial charge in [0, 0.05) is 31.2 Å². The Morgan fingerprint density at radius 2 is 2.31 bits per heavy atom. The molecule has 0 bridgehead atoms. The first-order chi connectivity index (χ1) is 7.59. The fraction of sp³-hybridized carbons (Fsp3) is 1.00. The van der Waals surface area contributed by atoms with Gasteiger partial charge in [0.05, 0.1) is 6.10 Å². The van der Waals surface area contributed by atoms with Crippen LogP contribution in [0.15, 0.2) is 0 Å². The fourth-order valence-electron chi connectivity index (χ4n) is 2.02. The normalized spacial score (nSPS) is 26.6. The third-order valence-corrected chi connectivity index (χ3v) is 3.75. The van der Waals surface area contributed by atoms with E-state index in [1.54, 1.807) is 0 Å². The van der Waals surface area contributed by atoms with Crippen molar-refractivity contribution < 1.29 is 9.84 Å². The van der Waals surface area contributed by atoms with Crippen LogP contribution in [0.25, 0.3) is 0 Å². The summed E-state index contributed by atoms with van der Waals surface area (Å²) >= 11 is 0. The van der Waals surface area contributed by atoms with E-state index in [1.165, 1.54) is 12.8 Å². The molecule has 1 aliphatic heterocycles. The van der Waals surface area contributed by atoms with E-state index in [0.717, 1.165) is 26.0 Å². The van der Waals surface area contributed by atoms with Crippen molar-refractivity contribution in [1.29, 1.82) is 0 Å². The first-order valence-corrected chi connectivity index (χ1v) is 6.55. The second kappa shape index (κ2) is 6.58. The maximum absolute atomic E-state index is 9.32. The van der Waals surface area contributed by atoms with Crippen molar-refractivity contribution in [3.05, 3.63) is 0 Å². The van der Waals surface area contributed by atoms with Gasteiger partial charge in [0.2, 0.25) is 0 Å². The third-order valence-electron chi connectivity index (χ3n) is 3.75. The smallest absolute Gasteiger partial charge is 0.0590 e. The van der Waals surface area contributed by atoms with E-state index in [9.17, 15) is 5.11 Å². The number of hydrogen-bond acceptors (Lipinski definition) is 3. The summed E-state index contributed by atoms with van der Waals surface area (Å²) in [7, 11) is 0. The molecule has 0 amide bonds. The van der Waals surface area contributed by atoms with Crippen molar-refractivity contribution in [1.82, 2.24) is 5.32 Å². The lowest BCUT2D eigenvalue weighted by Crippen LogP contribution is -2.40. The van der Waals surface area contributed by atoms with Crippen molar-refractivity contribution in [2.24, 2.45) is 5.41 Å². The summed E-state index contributed by atoms with van der Waals surface area (Å²) in [4.78, 5) is 0. The minimum absolute atomic E-state index is 0.0186. The lowest BCUT2D eigenvalue weighted by Gasteiger charge is -2.28. The van der Waals surface area contributed by atoms with Gasteiger partial charge in [0.1, 0.15) is 0 Å². The highest BCUT2D eigenvalue weighted by Gasteiger charge is 2.23. The standard InChI is InChI=1S/C13H27NO2/c1-4-13(3,10-15)9-14-11(2)8-12-6-5-7-16-12/h11-12,14-15H,4-10H2,1-3H3. The Morgan fingerprint density at radius 1 is 1.56 bits per heavy atom. The average Bonchev–Trinajstić information content (AvgIpc) is 2.79. The van der Waals surface area contributed by atoms with Crippen molar-refractivity contribution in [3.63, 3.8) is 0 Å². The summed E-state index contributed by atoms with van der Waals surface area (Å²) in [6, 6.07) is 0.473. The average molecular weight is 229 g/mol. The monoisotopic (exact) mass is 229 g/mol. The van der Waals surface area contributed by atoms with Gasteiger partial charge in [0.15, 0.2) is 0 Å². The van der Waals surface area contributed by atoms with E-state index >= 15 is 0 Å². The fourth-order valence-corrected chi connectivity index (χ4v) is 2.02. The van der Waals surface area contributed by atoms with Crippen LogP contribution in [-0.4, -0.2) is 37.0 Å². The molecule has 0 aromatic carbocycles. The zero-order chi connectivity index (χ0) is 12.0. The van der Waals surface area contributed by atoms with Crippen LogP contribution in [0.3, 0.4) is 0 Å². The highest BCUT2D eigenvalue weighted by molar-refractivity contribution is 4.78. The maximum Gasteiger partial charge on any atom is 0.0590 e. The molecule has 1 heterocycles. The van der Waals surface area contributed by atoms with Crippen LogP contribution in [0.2, 0.25) is 0 Å². The number of aliphatic hydroxyl groups is 1. The van der Waals surface area contributed by atoms with E-state index in [-0.39, 0.29) is 12.0 Å². The Morgan fingerprint density at radius 3 is 2.81 bits per heavy atom. The summed E-state index contributed by atoms with van der Waals surface area (Å²) in [5.41, 5.74) is 0.0186. The van der Waals surface area contributed by atoms with Crippen LogP contribution < -0.4 is 5.32 Å². The van der Waals surface area contributed by atoms with E-state index in [4.69, 9.17) is 4.74 Å². The molecule has 16 heavy (non-hydrogen) atoms. The largest absolute Gasteiger partial charge is 0.396 e. The highest BCUT2D eigenvalue weighted by atomic mass is 16.5. The van der Waals surface area contributed by atoms with Gasteiger partial charge >= 0.3 is 0 Å². The van der Waals surface area contributed by atoms with Gasteiger partial charge in [-0.2, -0.15) is 0 Å². The molecule has 0 aliphatic carbocycles. The number of rotatable bonds is 7. The van der Waals surface area contributed by atoms with Crippen molar-refractivity contribution >= 4 is 0 Å². The molecule has 0 spiro atoms. The van der Waals surface area contributed by atoms with E-state index in [2.05, 4.69) is 26.1 Å². The van der Waals surface area contributed by atoms with Crippen LogP contribution in [0.4, 0.5) is 0 Å². The first-order valence-electron chi connectivity index (χ1n) is 6.55. The molecule has 3 heteroatoms. The number of aliphatic hydroxyl groups excluding tert-OH is 1. The predicted octanol–water partition coefficient (Wildman–Crippen LogP) is 1.94. The molecule has 2 N–H and O–H groups in total. The van der Waals surface area contributed by atoms with Gasteiger partial charge in [-0.05, 0) is 32.6 Å². The molecule has 3 nitrogen and oxygen atoms in total. The Kier molecular flexibility index (Phi) is 5.73. The quantitative estimate of drug-likeness (QED) is 0.701. The molecule has 0 aromatic heterocycles. The summed E-state index contributed by atoms with van der Waals surface area (Å²) in [6.07, 6.45) is 4.95. The van der Waals surface area contributed by atoms with Crippen LogP contribution in [0.1, 0.15) is 46.5 Å². The second-order valence-electron chi connectivity index (χ2n) is 5.48. The van der Waals surface area contributed by atoms with Crippen LogP contribution in [0, 0.1) is 5.41 Å². The predicted molar refractivity (Wildman–Crippen MR) is 66.5 cm³/mol. The number of nitrogens with one attached hydrogen (secondary N) is 1. The van der Waals surface area contributed by atoms with Gasteiger partial charge in [-0.15, -0.1) is 0 Å². The molecular weight excluding hydrogens is 202 g/mol. The van der Waals surface area contributed by atoms with Crippen LogP contribution >= 0.6 is 0 Å². The molecular formula is C13H27NO2. The second-order valence-corrected chi connectivity index (χ2v) is 5.48. The van der Waals surface area contributed by atoms with E-state index in [1.807, 2.05) is 0 Å². The SMILES string of the molecule is CCC(C)(CO)CNC(C)CC1CCCO1. The molecule has 1 aliphatic rings. The maximum atomic E-state index is 9.32. The Labute approximate surface area is 99.6 Å². The molecule has 1 rings (SSSR count). The van der Waals surface area contributed by atoms with Gasteiger partial charge < -0.3 is 15.2 Å². The Hall–Kier alpha value is -0.120.